The smallest absolute Gasteiger partial charge is 0.326 e. The Balaban J connectivity index is 4.90. The molecule has 0 radical (unpaired) electrons. The molecular formula is C16H28N4O7S. The Hall–Kier alpha value is -2.34. The molecule has 0 heterocycles. The van der Waals surface area contributed by atoms with Gasteiger partial charge in [0.25, 0.3) is 0 Å². The van der Waals surface area contributed by atoms with Crippen LogP contribution >= 0.6 is 11.8 Å². The third-order valence-corrected chi connectivity index (χ3v) is 4.31. The zero-order valence-electron chi connectivity index (χ0n) is 16.1. The van der Waals surface area contributed by atoms with Gasteiger partial charge in [0, 0.05) is 6.42 Å². The van der Waals surface area contributed by atoms with Crippen molar-refractivity contribution in [1.29, 1.82) is 0 Å². The van der Waals surface area contributed by atoms with E-state index < -0.39 is 60.2 Å². The van der Waals surface area contributed by atoms with Crippen molar-refractivity contribution in [3.05, 3.63) is 0 Å². The Morgan fingerprint density at radius 3 is 1.93 bits per heavy atom. The number of thioether (sulfide) groups is 1. The molecule has 4 unspecified atom stereocenters. The van der Waals surface area contributed by atoms with Crippen molar-refractivity contribution in [2.75, 3.05) is 12.0 Å². The average molecular weight is 420 g/mol. The molecule has 0 aliphatic heterocycles. The standard InChI is InChI=1S/C16H28N4O7S/c1-8(17)13(23)19-10(6-7-28-3)15(25)18-9(2)14(24)20-11(16(26)27)4-5-12(21)22/h8-11H,4-7,17H2,1-3H3,(H,18,25)(H,19,23)(H,20,24)(H,21,22)(H,26,27). The molecule has 4 atom stereocenters. The highest BCUT2D eigenvalue weighted by atomic mass is 32.2. The maximum absolute atomic E-state index is 12.4. The first-order valence-electron chi connectivity index (χ1n) is 8.59. The summed E-state index contributed by atoms with van der Waals surface area (Å²) in [6.45, 7) is 2.82. The van der Waals surface area contributed by atoms with Crippen LogP contribution in [0.1, 0.15) is 33.1 Å². The second-order valence-corrected chi connectivity index (χ2v) is 7.18. The van der Waals surface area contributed by atoms with Crippen LogP contribution in [0.2, 0.25) is 0 Å². The Morgan fingerprint density at radius 2 is 1.46 bits per heavy atom. The molecule has 28 heavy (non-hydrogen) atoms. The zero-order chi connectivity index (χ0) is 21.9. The maximum atomic E-state index is 12.4. The lowest BCUT2D eigenvalue weighted by atomic mass is 10.1. The molecule has 12 heteroatoms. The highest BCUT2D eigenvalue weighted by Gasteiger charge is 2.27. The molecule has 0 aromatic carbocycles. The molecule has 0 rings (SSSR count). The van der Waals surface area contributed by atoms with Crippen LogP contribution in [0.25, 0.3) is 0 Å². The number of aliphatic carboxylic acids is 2. The van der Waals surface area contributed by atoms with Gasteiger partial charge in [-0.05, 0) is 38.7 Å². The molecule has 0 aromatic heterocycles. The number of carbonyl (C=O) groups is 5. The number of carbonyl (C=O) groups excluding carboxylic acids is 3. The third kappa shape index (κ3) is 10.1. The summed E-state index contributed by atoms with van der Waals surface area (Å²) in [5, 5.41) is 24.8. The summed E-state index contributed by atoms with van der Waals surface area (Å²) in [5.41, 5.74) is 5.48. The summed E-state index contributed by atoms with van der Waals surface area (Å²) in [5.74, 6) is -3.90. The minimum atomic E-state index is -1.40. The van der Waals surface area contributed by atoms with Crippen LogP contribution in [0.4, 0.5) is 0 Å². The number of hydrogen-bond donors (Lipinski definition) is 6. The quantitative estimate of drug-likeness (QED) is 0.206. The lowest BCUT2D eigenvalue weighted by molar-refractivity contribution is -0.143. The Labute approximate surface area is 167 Å². The van der Waals surface area contributed by atoms with Gasteiger partial charge in [-0.15, -0.1) is 0 Å². The van der Waals surface area contributed by atoms with Gasteiger partial charge in [-0.25, -0.2) is 4.79 Å². The van der Waals surface area contributed by atoms with Gasteiger partial charge in [0.15, 0.2) is 0 Å². The van der Waals surface area contributed by atoms with Crippen LogP contribution in [0.15, 0.2) is 0 Å². The van der Waals surface area contributed by atoms with Crippen molar-refractivity contribution in [3.63, 3.8) is 0 Å². The second kappa shape index (κ2) is 12.9. The van der Waals surface area contributed by atoms with E-state index in [-0.39, 0.29) is 6.42 Å². The highest BCUT2D eigenvalue weighted by Crippen LogP contribution is 2.03. The van der Waals surface area contributed by atoms with E-state index in [1.54, 1.807) is 0 Å². The summed E-state index contributed by atoms with van der Waals surface area (Å²) in [4.78, 5) is 58.1. The monoisotopic (exact) mass is 420 g/mol. The number of carboxylic acids is 2. The number of rotatable bonds is 13. The van der Waals surface area contributed by atoms with E-state index in [0.29, 0.717) is 12.2 Å². The number of carboxylic acid groups (broad SMARTS) is 2. The normalized spacial score (nSPS) is 14.9. The zero-order valence-corrected chi connectivity index (χ0v) is 16.9. The molecule has 0 aromatic rings. The van der Waals surface area contributed by atoms with Crippen molar-refractivity contribution in [2.45, 2.75) is 57.3 Å². The van der Waals surface area contributed by atoms with Crippen molar-refractivity contribution < 1.29 is 34.2 Å². The molecule has 0 saturated heterocycles. The van der Waals surface area contributed by atoms with Gasteiger partial charge in [0.05, 0.1) is 6.04 Å². The van der Waals surface area contributed by atoms with Gasteiger partial charge in [0.2, 0.25) is 17.7 Å². The molecule has 3 amide bonds. The predicted octanol–water partition coefficient (Wildman–Crippen LogP) is -1.49. The summed E-state index contributed by atoms with van der Waals surface area (Å²) < 4.78 is 0. The van der Waals surface area contributed by atoms with Crippen molar-refractivity contribution in [3.8, 4) is 0 Å². The second-order valence-electron chi connectivity index (χ2n) is 6.19. The SMILES string of the molecule is CSCCC(NC(=O)C(C)N)C(=O)NC(C)C(=O)NC(CCC(=O)O)C(=O)O. The number of amides is 3. The van der Waals surface area contributed by atoms with Crippen LogP contribution in [0.5, 0.6) is 0 Å². The topological polar surface area (TPSA) is 188 Å². The van der Waals surface area contributed by atoms with Crippen LogP contribution in [0.3, 0.4) is 0 Å². The average Bonchev–Trinajstić information content (AvgIpc) is 2.60. The fraction of sp³-hybridized carbons (Fsp3) is 0.688. The molecule has 0 bridgehead atoms. The van der Waals surface area contributed by atoms with Gasteiger partial charge in [-0.2, -0.15) is 11.8 Å². The summed E-state index contributed by atoms with van der Waals surface area (Å²) >= 11 is 1.47. The largest absolute Gasteiger partial charge is 0.481 e. The van der Waals surface area contributed by atoms with Crippen LogP contribution in [-0.4, -0.2) is 76.0 Å². The molecule has 0 saturated carbocycles. The minimum Gasteiger partial charge on any atom is -0.481 e. The number of nitrogens with one attached hydrogen (secondary N) is 3. The first-order valence-corrected chi connectivity index (χ1v) is 9.99. The van der Waals surface area contributed by atoms with Gasteiger partial charge < -0.3 is 31.9 Å². The van der Waals surface area contributed by atoms with Crippen molar-refractivity contribution >= 4 is 41.4 Å². The van der Waals surface area contributed by atoms with Crippen LogP contribution < -0.4 is 21.7 Å². The molecule has 11 nitrogen and oxygen atoms in total. The predicted molar refractivity (Wildman–Crippen MR) is 103 cm³/mol. The van der Waals surface area contributed by atoms with E-state index in [4.69, 9.17) is 15.9 Å². The lowest BCUT2D eigenvalue weighted by Gasteiger charge is -2.22. The Morgan fingerprint density at radius 1 is 0.893 bits per heavy atom. The van der Waals surface area contributed by atoms with Gasteiger partial charge in [-0.3, -0.25) is 19.2 Å². The van der Waals surface area contributed by atoms with E-state index in [2.05, 4.69) is 16.0 Å². The summed E-state index contributed by atoms with van der Waals surface area (Å²) in [6, 6.07) is -4.20. The number of nitrogens with two attached hydrogens (primary N) is 1. The van der Waals surface area contributed by atoms with E-state index >= 15 is 0 Å². The van der Waals surface area contributed by atoms with Gasteiger partial charge >= 0.3 is 11.9 Å². The molecule has 7 N–H and O–H groups in total. The minimum absolute atomic E-state index is 0.294. The first kappa shape index (κ1) is 25.7. The Bertz CT molecular complexity index is 585. The van der Waals surface area contributed by atoms with E-state index in [1.807, 2.05) is 6.26 Å². The van der Waals surface area contributed by atoms with Crippen LogP contribution in [0, 0.1) is 0 Å². The fourth-order valence-electron chi connectivity index (χ4n) is 2.01. The summed E-state index contributed by atoms with van der Waals surface area (Å²) in [7, 11) is 0. The van der Waals surface area contributed by atoms with E-state index in [9.17, 15) is 24.0 Å². The van der Waals surface area contributed by atoms with Crippen molar-refractivity contribution in [1.82, 2.24) is 16.0 Å². The van der Waals surface area contributed by atoms with Crippen molar-refractivity contribution in [2.24, 2.45) is 5.73 Å². The van der Waals surface area contributed by atoms with Gasteiger partial charge in [-0.1, -0.05) is 0 Å². The van der Waals surface area contributed by atoms with Gasteiger partial charge in [0.1, 0.15) is 18.1 Å². The molecular weight excluding hydrogens is 392 g/mol. The highest BCUT2D eigenvalue weighted by molar-refractivity contribution is 7.98. The molecule has 0 aliphatic rings. The van der Waals surface area contributed by atoms with E-state index in [1.165, 1.54) is 25.6 Å². The van der Waals surface area contributed by atoms with E-state index in [0.717, 1.165) is 0 Å². The number of hydrogen-bond acceptors (Lipinski definition) is 7. The van der Waals surface area contributed by atoms with Crippen LogP contribution in [-0.2, 0) is 24.0 Å². The molecule has 0 aliphatic carbocycles. The Kier molecular flexibility index (Phi) is 11.9. The molecule has 0 fully saturated rings. The lowest BCUT2D eigenvalue weighted by Crippen LogP contribution is -2.56. The molecule has 0 spiro atoms. The maximum Gasteiger partial charge on any atom is 0.326 e. The summed E-state index contributed by atoms with van der Waals surface area (Å²) in [6.07, 6.45) is 1.42. The third-order valence-electron chi connectivity index (χ3n) is 3.67. The fourth-order valence-corrected chi connectivity index (χ4v) is 2.48. The first-order chi connectivity index (χ1) is 13.0. The molecule has 160 valence electrons.